The maximum atomic E-state index is 14.1. The minimum Gasteiger partial charge on any atom is -0.456 e. The van der Waals surface area contributed by atoms with Crippen LogP contribution in [-0.2, 0) is 9.30 Å². The van der Waals surface area contributed by atoms with Gasteiger partial charge in [0, 0.05) is 28.8 Å². The summed E-state index contributed by atoms with van der Waals surface area (Å²) < 4.78 is 46.9. The largest absolute Gasteiger partial charge is 0.456 e. The van der Waals surface area contributed by atoms with E-state index in [1.807, 2.05) is 60.7 Å². The average Bonchev–Trinajstić information content (AvgIpc) is 2.71. The van der Waals surface area contributed by atoms with Crippen molar-refractivity contribution in [1.82, 2.24) is 0 Å². The number of hydrogen-bond acceptors (Lipinski definition) is 2. The fourth-order valence-electron chi connectivity index (χ4n) is 2.86. The predicted octanol–water partition coefficient (Wildman–Crippen LogP) is 6.68. The number of halogens is 2. The first-order valence-electron chi connectivity index (χ1n) is 8.60. The van der Waals surface area contributed by atoms with E-state index in [4.69, 9.17) is 4.74 Å². The molecular weight excluding hydrogens is 379 g/mol. The van der Waals surface area contributed by atoms with E-state index in [9.17, 15) is 13.3 Å². The number of ether oxygens (including phenoxy) is 1. The minimum atomic E-state index is -3.38. The summed E-state index contributed by atoms with van der Waals surface area (Å²) in [7, 11) is -3.38. The van der Waals surface area contributed by atoms with Crippen LogP contribution in [0, 0.1) is 11.6 Å². The third-order valence-corrected chi connectivity index (χ3v) is 6.01. The molecule has 1 heterocycles. The van der Waals surface area contributed by atoms with Gasteiger partial charge in [-0.3, -0.25) is 4.57 Å². The molecule has 0 unspecified atom stereocenters. The molecule has 1 N–H and O–H groups in total. The standard InChI is InChI=1S/C22H16F2NO2P/c23-18-11-12-20(19(24)13-18)25-28(26)14-21(16-7-3-1-4-8-16)27-22(15-28)17-9-5-2-6-10-17/h1-15H,(H,25,26). The second-order valence-electron chi connectivity index (χ2n) is 6.27. The van der Waals surface area contributed by atoms with Gasteiger partial charge in [-0.25, -0.2) is 8.78 Å². The topological polar surface area (TPSA) is 38.3 Å². The molecule has 3 aromatic carbocycles. The fraction of sp³-hybridized carbons (Fsp3) is 0. The van der Waals surface area contributed by atoms with Crippen LogP contribution in [0.15, 0.2) is 90.5 Å². The maximum absolute atomic E-state index is 14.1. The zero-order chi connectivity index (χ0) is 19.6. The number of hydrogen-bond donors (Lipinski definition) is 1. The van der Waals surface area contributed by atoms with E-state index in [1.165, 1.54) is 17.7 Å². The number of anilines is 1. The molecule has 4 rings (SSSR count). The Balaban J connectivity index is 1.79. The van der Waals surface area contributed by atoms with E-state index in [-0.39, 0.29) is 5.69 Å². The molecule has 3 aromatic rings. The molecule has 0 fully saturated rings. The normalized spacial score (nSPS) is 15.2. The molecule has 140 valence electrons. The van der Waals surface area contributed by atoms with Crippen molar-refractivity contribution in [1.29, 1.82) is 0 Å². The van der Waals surface area contributed by atoms with E-state index >= 15 is 0 Å². The molecule has 0 aliphatic carbocycles. The third kappa shape index (κ3) is 3.90. The SMILES string of the molecule is O=P1(Nc2ccc(F)cc2F)C=C(c2ccccc2)OC(c2ccccc2)=C1. The second kappa shape index (κ2) is 7.45. The molecule has 0 saturated heterocycles. The van der Waals surface area contributed by atoms with Crippen LogP contribution in [0.3, 0.4) is 0 Å². The Morgan fingerprint density at radius 2 is 1.29 bits per heavy atom. The summed E-state index contributed by atoms with van der Waals surface area (Å²) in [5.74, 6) is 2.20. The van der Waals surface area contributed by atoms with Crippen LogP contribution in [0.5, 0.6) is 0 Å². The van der Waals surface area contributed by atoms with Crippen LogP contribution in [-0.4, -0.2) is 0 Å². The Hall–Kier alpha value is -3.17. The monoisotopic (exact) mass is 395 g/mol. The highest BCUT2D eigenvalue weighted by molar-refractivity contribution is 7.72. The van der Waals surface area contributed by atoms with Gasteiger partial charge in [0.05, 0.1) is 5.69 Å². The van der Waals surface area contributed by atoms with Gasteiger partial charge in [0.15, 0.2) is 0 Å². The average molecular weight is 395 g/mol. The molecule has 0 amide bonds. The van der Waals surface area contributed by atoms with Gasteiger partial charge in [0.2, 0.25) is 7.29 Å². The highest BCUT2D eigenvalue weighted by Gasteiger charge is 2.27. The number of rotatable bonds is 4. The van der Waals surface area contributed by atoms with Crippen LogP contribution in [0.2, 0.25) is 0 Å². The highest BCUT2D eigenvalue weighted by atomic mass is 31.2. The highest BCUT2D eigenvalue weighted by Crippen LogP contribution is 2.56. The van der Waals surface area contributed by atoms with Crippen LogP contribution < -0.4 is 5.09 Å². The molecule has 6 heteroatoms. The van der Waals surface area contributed by atoms with E-state index < -0.39 is 18.9 Å². The van der Waals surface area contributed by atoms with Gasteiger partial charge in [0.1, 0.15) is 23.2 Å². The lowest BCUT2D eigenvalue weighted by Gasteiger charge is -2.24. The lowest BCUT2D eigenvalue weighted by Crippen LogP contribution is -2.04. The van der Waals surface area contributed by atoms with Crippen molar-refractivity contribution in [3.05, 3.63) is 113 Å². The van der Waals surface area contributed by atoms with Crippen molar-refractivity contribution >= 4 is 24.5 Å². The van der Waals surface area contributed by atoms with Gasteiger partial charge in [-0.2, -0.15) is 0 Å². The van der Waals surface area contributed by atoms with Gasteiger partial charge < -0.3 is 9.82 Å². The van der Waals surface area contributed by atoms with Crippen molar-refractivity contribution in [3.63, 3.8) is 0 Å². The molecule has 1 aliphatic heterocycles. The van der Waals surface area contributed by atoms with E-state index in [1.54, 1.807) is 0 Å². The minimum absolute atomic E-state index is 0.0426. The van der Waals surface area contributed by atoms with Gasteiger partial charge in [-0.05, 0) is 12.1 Å². The smallest absolute Gasteiger partial charge is 0.220 e. The van der Waals surface area contributed by atoms with Crippen LogP contribution in [0.4, 0.5) is 14.5 Å². The Bertz CT molecular complexity index is 1050. The van der Waals surface area contributed by atoms with Crippen LogP contribution >= 0.6 is 7.29 Å². The van der Waals surface area contributed by atoms with Crippen LogP contribution in [0.25, 0.3) is 11.5 Å². The molecule has 3 nitrogen and oxygen atoms in total. The van der Waals surface area contributed by atoms with Gasteiger partial charge in [0.25, 0.3) is 0 Å². The zero-order valence-electron chi connectivity index (χ0n) is 14.7. The molecular formula is C22H16F2NO2P. The van der Waals surface area contributed by atoms with E-state index in [0.29, 0.717) is 11.5 Å². The number of nitrogens with one attached hydrogen (secondary N) is 1. The molecule has 1 aliphatic rings. The van der Waals surface area contributed by atoms with Crippen LogP contribution in [0.1, 0.15) is 11.1 Å². The van der Waals surface area contributed by atoms with Crippen molar-refractivity contribution in [2.75, 3.05) is 5.09 Å². The van der Waals surface area contributed by atoms with Gasteiger partial charge in [-0.1, -0.05) is 60.7 Å². The second-order valence-corrected chi connectivity index (χ2v) is 8.42. The van der Waals surface area contributed by atoms with Crippen molar-refractivity contribution < 1.29 is 18.1 Å². The van der Waals surface area contributed by atoms with Crippen molar-refractivity contribution in [2.24, 2.45) is 0 Å². The molecule has 0 spiro atoms. The van der Waals surface area contributed by atoms with Gasteiger partial charge >= 0.3 is 0 Å². The first-order valence-corrected chi connectivity index (χ1v) is 10.4. The Morgan fingerprint density at radius 1 is 0.750 bits per heavy atom. The summed E-state index contributed by atoms with van der Waals surface area (Å²) in [6.07, 6.45) is 0. The number of benzene rings is 3. The zero-order valence-corrected chi connectivity index (χ0v) is 15.6. The molecule has 0 radical (unpaired) electrons. The van der Waals surface area contributed by atoms with Crippen molar-refractivity contribution in [2.45, 2.75) is 0 Å². The molecule has 0 atom stereocenters. The van der Waals surface area contributed by atoms with Gasteiger partial charge in [-0.15, -0.1) is 0 Å². The summed E-state index contributed by atoms with van der Waals surface area (Å²) in [4.78, 5) is 0. The quantitative estimate of drug-likeness (QED) is 0.501. The molecule has 0 saturated carbocycles. The summed E-state index contributed by atoms with van der Waals surface area (Å²) in [5.41, 5.74) is 1.44. The molecule has 0 bridgehead atoms. The van der Waals surface area contributed by atoms with E-state index in [2.05, 4.69) is 5.09 Å². The summed E-state index contributed by atoms with van der Waals surface area (Å²) >= 11 is 0. The summed E-state index contributed by atoms with van der Waals surface area (Å²) in [5, 5.41) is 2.73. The molecule has 28 heavy (non-hydrogen) atoms. The Kier molecular flexibility index (Phi) is 4.84. The Labute approximate surface area is 161 Å². The lowest BCUT2D eigenvalue weighted by molar-refractivity contribution is 0.469. The third-order valence-electron chi connectivity index (χ3n) is 4.18. The van der Waals surface area contributed by atoms with E-state index in [0.717, 1.165) is 23.3 Å². The first kappa shape index (κ1) is 18.2. The summed E-state index contributed by atoms with van der Waals surface area (Å²) in [6, 6.07) is 21.5. The predicted molar refractivity (Wildman–Crippen MR) is 108 cm³/mol. The van der Waals surface area contributed by atoms with Crippen molar-refractivity contribution in [3.8, 4) is 0 Å². The first-order chi connectivity index (χ1) is 13.5. The Morgan fingerprint density at radius 3 is 1.79 bits per heavy atom. The summed E-state index contributed by atoms with van der Waals surface area (Å²) in [6.45, 7) is 0. The lowest BCUT2D eigenvalue weighted by atomic mass is 10.2. The maximum Gasteiger partial charge on any atom is 0.220 e. The fourth-order valence-corrected chi connectivity index (χ4v) is 4.72. The molecule has 0 aromatic heterocycles.